The molecule has 4 nitrogen and oxygen atoms in total. The zero-order chi connectivity index (χ0) is 15.4. The Morgan fingerprint density at radius 2 is 2.19 bits per heavy atom. The molecule has 0 spiro atoms. The molecule has 0 bridgehead atoms. The predicted molar refractivity (Wildman–Crippen MR) is 88.5 cm³/mol. The number of hydrogen-bond acceptors (Lipinski definition) is 4. The third-order valence-electron chi connectivity index (χ3n) is 3.54. The zero-order valence-corrected chi connectivity index (χ0v) is 13.5. The first kappa shape index (κ1) is 15.8. The van der Waals surface area contributed by atoms with Crippen LogP contribution in [-0.4, -0.2) is 18.0 Å². The van der Waals surface area contributed by atoms with Gasteiger partial charge in [0.15, 0.2) is 0 Å². The molecule has 2 aromatic rings. The summed E-state index contributed by atoms with van der Waals surface area (Å²) in [5.41, 5.74) is 1.81. The van der Waals surface area contributed by atoms with Crippen LogP contribution in [-0.2, 0) is 12.3 Å². The molecule has 1 atom stereocenters. The summed E-state index contributed by atoms with van der Waals surface area (Å²) in [5.74, 6) is 0.257. The SMILES string of the molecule is CC(Cc1cccs1)N(C)c1ccc([N+](=O)[O-])cc1CCl. The molecule has 0 N–H and O–H groups in total. The standard InChI is InChI=1S/C15H17ClN2O2S/c1-11(8-14-4-3-7-21-14)17(2)15-6-5-13(18(19)20)9-12(15)10-16/h3-7,9,11H,8,10H2,1-2H3. The molecule has 0 aliphatic heterocycles. The van der Waals surface area contributed by atoms with Crippen molar-refractivity contribution in [3.63, 3.8) is 0 Å². The van der Waals surface area contributed by atoms with E-state index >= 15 is 0 Å². The van der Waals surface area contributed by atoms with Gasteiger partial charge in [0.1, 0.15) is 0 Å². The highest BCUT2D eigenvalue weighted by Crippen LogP contribution is 2.28. The number of thiophene rings is 1. The number of alkyl halides is 1. The molecule has 0 fully saturated rings. The van der Waals surface area contributed by atoms with E-state index in [2.05, 4.69) is 23.3 Å². The van der Waals surface area contributed by atoms with E-state index < -0.39 is 4.92 Å². The molecule has 1 aromatic heterocycles. The first-order valence-corrected chi connectivity index (χ1v) is 8.03. The fraction of sp³-hybridized carbons (Fsp3) is 0.333. The smallest absolute Gasteiger partial charge is 0.269 e. The summed E-state index contributed by atoms with van der Waals surface area (Å²) in [6.07, 6.45) is 0.937. The number of rotatable bonds is 6. The van der Waals surface area contributed by atoms with Crippen molar-refractivity contribution in [1.29, 1.82) is 0 Å². The number of hydrogen-bond donors (Lipinski definition) is 0. The number of anilines is 1. The lowest BCUT2D eigenvalue weighted by atomic mass is 10.1. The quantitative estimate of drug-likeness (QED) is 0.447. The van der Waals surface area contributed by atoms with E-state index in [0.29, 0.717) is 0 Å². The Morgan fingerprint density at radius 3 is 2.76 bits per heavy atom. The summed E-state index contributed by atoms with van der Waals surface area (Å²) < 4.78 is 0. The molecule has 1 aromatic carbocycles. The van der Waals surface area contributed by atoms with Gasteiger partial charge in [0.25, 0.3) is 5.69 Å². The number of halogens is 1. The molecule has 0 saturated carbocycles. The van der Waals surface area contributed by atoms with Crippen molar-refractivity contribution < 1.29 is 4.92 Å². The van der Waals surface area contributed by atoms with E-state index in [-0.39, 0.29) is 17.6 Å². The van der Waals surface area contributed by atoms with Crippen LogP contribution in [0.15, 0.2) is 35.7 Å². The summed E-state index contributed by atoms with van der Waals surface area (Å²) >= 11 is 7.69. The Labute approximate surface area is 133 Å². The lowest BCUT2D eigenvalue weighted by molar-refractivity contribution is -0.384. The second-order valence-electron chi connectivity index (χ2n) is 4.95. The van der Waals surface area contributed by atoms with Gasteiger partial charge >= 0.3 is 0 Å². The van der Waals surface area contributed by atoms with Crippen LogP contribution in [0.3, 0.4) is 0 Å². The monoisotopic (exact) mass is 324 g/mol. The molecule has 1 unspecified atom stereocenters. The minimum absolute atomic E-state index is 0.0775. The van der Waals surface area contributed by atoms with Crippen LogP contribution < -0.4 is 4.90 Å². The number of likely N-dealkylation sites (N-methyl/N-ethyl adjacent to an activating group) is 1. The molecule has 0 aliphatic rings. The van der Waals surface area contributed by atoms with Gasteiger partial charge < -0.3 is 4.90 Å². The van der Waals surface area contributed by atoms with Crippen molar-refractivity contribution in [2.75, 3.05) is 11.9 Å². The molecular weight excluding hydrogens is 308 g/mol. The van der Waals surface area contributed by atoms with Crippen LogP contribution in [0.1, 0.15) is 17.4 Å². The lowest BCUT2D eigenvalue weighted by Crippen LogP contribution is -2.31. The van der Waals surface area contributed by atoms with Crippen molar-refractivity contribution in [2.24, 2.45) is 0 Å². The molecule has 0 saturated heterocycles. The van der Waals surface area contributed by atoms with Gasteiger partial charge in [-0.05, 0) is 30.0 Å². The lowest BCUT2D eigenvalue weighted by Gasteiger charge is -2.28. The van der Waals surface area contributed by atoms with E-state index in [1.165, 1.54) is 10.9 Å². The number of non-ortho nitro benzene ring substituents is 1. The van der Waals surface area contributed by atoms with Gasteiger partial charge in [-0.3, -0.25) is 10.1 Å². The molecule has 112 valence electrons. The molecule has 21 heavy (non-hydrogen) atoms. The maximum atomic E-state index is 10.8. The summed E-state index contributed by atoms with van der Waals surface area (Å²) in [7, 11) is 2.00. The van der Waals surface area contributed by atoms with Crippen molar-refractivity contribution in [2.45, 2.75) is 25.3 Å². The van der Waals surface area contributed by atoms with Crippen LogP contribution in [0.25, 0.3) is 0 Å². The Kier molecular flexibility index (Phi) is 5.20. The van der Waals surface area contributed by atoms with E-state index in [0.717, 1.165) is 17.7 Å². The van der Waals surface area contributed by atoms with Gasteiger partial charge in [-0.2, -0.15) is 0 Å². The van der Waals surface area contributed by atoms with Gasteiger partial charge in [-0.1, -0.05) is 6.07 Å². The topological polar surface area (TPSA) is 46.4 Å². The third kappa shape index (κ3) is 3.74. The second-order valence-corrected chi connectivity index (χ2v) is 6.25. The predicted octanol–water partition coefficient (Wildman–Crippen LogP) is 4.46. The van der Waals surface area contributed by atoms with E-state index in [4.69, 9.17) is 11.6 Å². The number of nitro benzene ring substituents is 1. The third-order valence-corrected chi connectivity index (χ3v) is 4.72. The average Bonchev–Trinajstić information content (AvgIpc) is 2.98. The fourth-order valence-corrected chi connectivity index (χ4v) is 3.27. The summed E-state index contributed by atoms with van der Waals surface area (Å²) in [6, 6.07) is 9.31. The minimum Gasteiger partial charge on any atom is -0.371 e. The molecule has 2 rings (SSSR count). The highest BCUT2D eigenvalue weighted by atomic mass is 35.5. The summed E-state index contributed by atoms with van der Waals surface area (Å²) in [6.45, 7) is 2.14. The van der Waals surface area contributed by atoms with Crippen molar-refractivity contribution in [3.8, 4) is 0 Å². The first-order valence-electron chi connectivity index (χ1n) is 6.61. The highest BCUT2D eigenvalue weighted by Gasteiger charge is 2.17. The van der Waals surface area contributed by atoms with Crippen molar-refractivity contribution in [1.82, 2.24) is 0 Å². The summed E-state index contributed by atoms with van der Waals surface area (Å²) in [5, 5.41) is 12.9. The van der Waals surface area contributed by atoms with Crippen LogP contribution in [0, 0.1) is 10.1 Å². The van der Waals surface area contributed by atoms with Gasteiger partial charge in [0.05, 0.1) is 4.92 Å². The Morgan fingerprint density at radius 1 is 1.43 bits per heavy atom. The van der Waals surface area contributed by atoms with Crippen LogP contribution in [0.4, 0.5) is 11.4 Å². The normalized spacial score (nSPS) is 12.1. The molecular formula is C15H17ClN2O2S. The average molecular weight is 325 g/mol. The molecule has 1 heterocycles. The van der Waals surface area contributed by atoms with Crippen LogP contribution in [0.2, 0.25) is 0 Å². The van der Waals surface area contributed by atoms with Gasteiger partial charge in [0.2, 0.25) is 0 Å². The van der Waals surface area contributed by atoms with Crippen molar-refractivity contribution >= 4 is 34.3 Å². The maximum Gasteiger partial charge on any atom is 0.269 e. The number of benzene rings is 1. The summed E-state index contributed by atoms with van der Waals surface area (Å²) in [4.78, 5) is 13.9. The first-order chi connectivity index (χ1) is 10.0. The fourth-order valence-electron chi connectivity index (χ4n) is 2.23. The van der Waals surface area contributed by atoms with Crippen LogP contribution >= 0.6 is 22.9 Å². The van der Waals surface area contributed by atoms with Gasteiger partial charge in [-0.25, -0.2) is 0 Å². The highest BCUT2D eigenvalue weighted by molar-refractivity contribution is 7.09. The molecule has 0 amide bonds. The molecule has 6 heteroatoms. The Hall–Kier alpha value is -1.59. The Balaban J connectivity index is 2.21. The van der Waals surface area contributed by atoms with E-state index in [1.54, 1.807) is 23.5 Å². The van der Waals surface area contributed by atoms with Gasteiger partial charge in [-0.15, -0.1) is 22.9 Å². The van der Waals surface area contributed by atoms with E-state index in [9.17, 15) is 10.1 Å². The van der Waals surface area contributed by atoms with Gasteiger partial charge in [0, 0.05) is 48.1 Å². The second kappa shape index (κ2) is 6.91. The maximum absolute atomic E-state index is 10.8. The largest absolute Gasteiger partial charge is 0.371 e. The Bertz CT molecular complexity index is 616. The van der Waals surface area contributed by atoms with Crippen molar-refractivity contribution in [3.05, 3.63) is 56.3 Å². The minimum atomic E-state index is -0.394. The number of nitrogens with zero attached hydrogens (tertiary/aromatic N) is 2. The molecule has 0 radical (unpaired) electrons. The zero-order valence-electron chi connectivity index (χ0n) is 12.0. The molecule has 0 aliphatic carbocycles. The van der Waals surface area contributed by atoms with E-state index in [1.807, 2.05) is 13.1 Å². The number of nitro groups is 1. The van der Waals surface area contributed by atoms with Crippen LogP contribution in [0.5, 0.6) is 0 Å².